The zero-order valence-corrected chi connectivity index (χ0v) is 17.1. The number of hydrogen-bond donors (Lipinski definition) is 0. The molecule has 1 aliphatic rings. The first-order valence-electron chi connectivity index (χ1n) is 7.93. The van der Waals surface area contributed by atoms with Crippen molar-refractivity contribution in [1.82, 2.24) is 0 Å². The van der Waals surface area contributed by atoms with Gasteiger partial charge in [0.05, 0.1) is 0 Å². The van der Waals surface area contributed by atoms with E-state index in [1.165, 1.54) is 13.3 Å². The fraction of sp³-hybridized carbons (Fsp3) is 0.938. The number of hydrogen-bond acceptors (Lipinski definition) is 0. The van der Waals surface area contributed by atoms with Gasteiger partial charge >= 0.3 is 12.4 Å². The predicted octanol–water partition coefficient (Wildman–Crippen LogP) is 6.90. The van der Waals surface area contributed by atoms with Crippen molar-refractivity contribution >= 4 is 0 Å². The molecule has 0 saturated heterocycles. The molecule has 1 saturated carbocycles. The molecule has 0 radical (unpaired) electrons. The molecule has 0 aliphatic heterocycles. The van der Waals surface area contributed by atoms with E-state index < -0.39 is 43.2 Å². The van der Waals surface area contributed by atoms with Gasteiger partial charge in [0.1, 0.15) is 0 Å². The Balaban J connectivity index is 0. The molecule has 0 aromatic heterocycles. The van der Waals surface area contributed by atoms with Crippen LogP contribution in [0, 0.1) is 24.2 Å². The van der Waals surface area contributed by atoms with Gasteiger partial charge in [0, 0.05) is 33.9 Å². The predicted molar refractivity (Wildman–Crippen MR) is 76.5 cm³/mol. The first-order chi connectivity index (χ1) is 10.4. The summed E-state index contributed by atoms with van der Waals surface area (Å²) in [6, 6.07) is 0. The van der Waals surface area contributed by atoms with Gasteiger partial charge in [0.15, 0.2) is 0 Å². The molecule has 24 heavy (non-hydrogen) atoms. The average molecular weight is 535 g/mol. The van der Waals surface area contributed by atoms with Crippen molar-refractivity contribution in [2.45, 2.75) is 77.8 Å². The molecule has 0 spiro atoms. The van der Waals surface area contributed by atoms with Crippen LogP contribution in [-0.2, 0) is 21.1 Å². The maximum absolute atomic E-state index is 12.3. The molecule has 0 amide bonds. The summed E-state index contributed by atoms with van der Waals surface area (Å²) < 4.78 is 85.3. The molecular formula is C16H26F7W-. The second kappa shape index (κ2) is 11.7. The number of rotatable bonds is 4. The molecule has 0 heterocycles. The minimum Gasteiger partial charge on any atom is -0.298 e. The van der Waals surface area contributed by atoms with Crippen LogP contribution >= 0.6 is 0 Å². The van der Waals surface area contributed by atoms with Crippen LogP contribution in [0.25, 0.3) is 0 Å². The third kappa shape index (κ3) is 14.5. The topological polar surface area (TPSA) is 0 Å². The van der Waals surface area contributed by atoms with E-state index in [1.54, 1.807) is 6.92 Å². The number of alkyl halides is 7. The van der Waals surface area contributed by atoms with E-state index in [9.17, 15) is 30.7 Å². The maximum atomic E-state index is 12.3. The van der Waals surface area contributed by atoms with Crippen molar-refractivity contribution in [3.63, 3.8) is 0 Å². The SMILES string of the molecule is CCC1CC(CC(F)(F)F)CC(CC(F)(F)F)C1.C[CH-]C(C)F.[W]. The Morgan fingerprint density at radius 1 is 0.875 bits per heavy atom. The van der Waals surface area contributed by atoms with Gasteiger partial charge in [-0.05, 0) is 43.2 Å². The van der Waals surface area contributed by atoms with E-state index in [0.29, 0.717) is 19.3 Å². The first-order valence-corrected chi connectivity index (χ1v) is 7.93. The molecule has 0 aromatic carbocycles. The van der Waals surface area contributed by atoms with Crippen molar-refractivity contribution in [3.05, 3.63) is 6.42 Å². The monoisotopic (exact) mass is 535 g/mol. The molecule has 0 nitrogen and oxygen atoms in total. The van der Waals surface area contributed by atoms with Gasteiger partial charge in [-0.25, -0.2) is 0 Å². The van der Waals surface area contributed by atoms with Crippen LogP contribution in [0.5, 0.6) is 0 Å². The Bertz CT molecular complexity index is 289. The van der Waals surface area contributed by atoms with Gasteiger partial charge in [-0.1, -0.05) is 20.3 Å². The van der Waals surface area contributed by atoms with Crippen LogP contribution in [0.3, 0.4) is 0 Å². The summed E-state index contributed by atoms with van der Waals surface area (Å²) in [6.45, 7) is 5.02. The smallest absolute Gasteiger partial charge is 0.298 e. The molecule has 3 unspecified atom stereocenters. The summed E-state index contributed by atoms with van der Waals surface area (Å²) >= 11 is 0. The Hall–Kier alpha value is 0.198. The van der Waals surface area contributed by atoms with E-state index >= 15 is 0 Å². The van der Waals surface area contributed by atoms with Crippen LogP contribution in [-0.4, -0.2) is 18.5 Å². The molecule has 8 heteroatoms. The van der Waals surface area contributed by atoms with Gasteiger partial charge in [0.2, 0.25) is 0 Å². The molecule has 0 aromatic rings. The molecule has 0 N–H and O–H groups in total. The molecule has 1 aliphatic carbocycles. The third-order valence-corrected chi connectivity index (χ3v) is 4.08. The minimum absolute atomic E-state index is 0. The van der Waals surface area contributed by atoms with Crippen molar-refractivity contribution < 1.29 is 51.8 Å². The summed E-state index contributed by atoms with van der Waals surface area (Å²) in [5.74, 6) is -1.29. The van der Waals surface area contributed by atoms with E-state index in [-0.39, 0.29) is 33.4 Å². The molecule has 1 rings (SSSR count). The fourth-order valence-corrected chi connectivity index (χ4v) is 3.02. The van der Waals surface area contributed by atoms with Crippen LogP contribution < -0.4 is 0 Å². The Morgan fingerprint density at radius 3 is 1.38 bits per heavy atom. The van der Waals surface area contributed by atoms with Gasteiger partial charge in [0.25, 0.3) is 0 Å². The molecule has 3 atom stereocenters. The zero-order chi connectivity index (χ0) is 18.3. The molecule has 146 valence electrons. The summed E-state index contributed by atoms with van der Waals surface area (Å²) in [5, 5.41) is 0. The molecule has 0 bridgehead atoms. The maximum Gasteiger partial charge on any atom is 0.389 e. The van der Waals surface area contributed by atoms with Crippen LogP contribution in [0.4, 0.5) is 30.7 Å². The average Bonchev–Trinajstić information content (AvgIpc) is 2.34. The summed E-state index contributed by atoms with van der Waals surface area (Å²) in [4.78, 5) is 0. The van der Waals surface area contributed by atoms with Gasteiger partial charge < -0.3 is 0 Å². The van der Waals surface area contributed by atoms with Crippen LogP contribution in [0.1, 0.15) is 59.3 Å². The summed E-state index contributed by atoms with van der Waals surface area (Å²) in [7, 11) is 0. The third-order valence-electron chi connectivity index (χ3n) is 4.08. The largest absolute Gasteiger partial charge is 0.389 e. The van der Waals surface area contributed by atoms with Crippen LogP contribution in [0.2, 0.25) is 0 Å². The van der Waals surface area contributed by atoms with E-state index in [2.05, 4.69) is 0 Å². The fourth-order valence-electron chi connectivity index (χ4n) is 3.02. The molecular weight excluding hydrogens is 509 g/mol. The van der Waals surface area contributed by atoms with E-state index in [4.69, 9.17) is 0 Å². The van der Waals surface area contributed by atoms with Crippen molar-refractivity contribution in [3.8, 4) is 0 Å². The Labute approximate surface area is 154 Å². The minimum atomic E-state index is -4.27. The van der Waals surface area contributed by atoms with E-state index in [1.807, 2.05) is 6.92 Å². The number of halogens is 7. The standard InChI is InChI=1S/C12H18F6.C4H8F.W/c1-2-8-3-9(6-11(13,14)15)5-10(4-8)7-12(16,17)18;1-3-4(2)5;/h8-10H,2-7H2,1H3;3-4H,1-2H3;/q;-1;. The van der Waals surface area contributed by atoms with Gasteiger partial charge in [-0.2, -0.15) is 33.3 Å². The normalized spacial score (nSPS) is 26.0. The Kier molecular flexibility index (Phi) is 12.9. The summed E-state index contributed by atoms with van der Waals surface area (Å²) in [6.07, 6.45) is -8.16. The quantitative estimate of drug-likeness (QED) is 0.272. The summed E-state index contributed by atoms with van der Waals surface area (Å²) in [5.41, 5.74) is 0. The Morgan fingerprint density at radius 2 is 1.17 bits per heavy atom. The van der Waals surface area contributed by atoms with Gasteiger partial charge in [-0.15, -0.1) is 0 Å². The van der Waals surface area contributed by atoms with Gasteiger partial charge in [-0.3, -0.25) is 10.8 Å². The second-order valence-electron chi connectivity index (χ2n) is 6.36. The van der Waals surface area contributed by atoms with Crippen molar-refractivity contribution in [1.29, 1.82) is 0 Å². The van der Waals surface area contributed by atoms with E-state index in [0.717, 1.165) is 0 Å². The first kappa shape index (κ1) is 26.4. The second-order valence-corrected chi connectivity index (χ2v) is 6.36. The van der Waals surface area contributed by atoms with Crippen LogP contribution in [0.15, 0.2) is 0 Å². The van der Waals surface area contributed by atoms with Crippen molar-refractivity contribution in [2.75, 3.05) is 0 Å². The van der Waals surface area contributed by atoms with Crippen molar-refractivity contribution in [2.24, 2.45) is 17.8 Å². The zero-order valence-electron chi connectivity index (χ0n) is 14.2. The molecule has 1 fully saturated rings.